The number of amides is 1. The molecule has 0 bridgehead atoms. The van der Waals surface area contributed by atoms with E-state index in [1.54, 1.807) is 17.5 Å². The summed E-state index contributed by atoms with van der Waals surface area (Å²) in [5.41, 5.74) is 2.64. The molecule has 1 fully saturated rings. The van der Waals surface area contributed by atoms with Crippen LogP contribution in [0.2, 0.25) is 0 Å². The number of aromatic nitrogens is 4. The molecule has 4 heterocycles. The SMILES string of the molecule is COC(=O)NCc1cc(-c2sc(-c3cccnc3)nc2N2CCCCC2)n[nH]1. The minimum absolute atomic E-state index is 0.326. The molecule has 0 spiro atoms. The summed E-state index contributed by atoms with van der Waals surface area (Å²) in [5.74, 6) is 0.975. The Morgan fingerprint density at radius 1 is 1.36 bits per heavy atom. The molecular formula is C19H22N6O2S. The smallest absolute Gasteiger partial charge is 0.407 e. The van der Waals surface area contributed by atoms with Gasteiger partial charge in [0.25, 0.3) is 0 Å². The highest BCUT2D eigenvalue weighted by Gasteiger charge is 2.23. The Bertz CT molecular complexity index is 933. The number of piperidine rings is 1. The number of methoxy groups -OCH3 is 1. The third-order valence-electron chi connectivity index (χ3n) is 4.65. The second-order valence-electron chi connectivity index (χ2n) is 6.58. The average Bonchev–Trinajstić information content (AvgIpc) is 3.40. The van der Waals surface area contributed by atoms with Gasteiger partial charge in [-0.2, -0.15) is 5.10 Å². The molecule has 146 valence electrons. The summed E-state index contributed by atoms with van der Waals surface area (Å²) >= 11 is 1.61. The molecule has 28 heavy (non-hydrogen) atoms. The summed E-state index contributed by atoms with van der Waals surface area (Å²) in [7, 11) is 1.34. The topological polar surface area (TPSA) is 96.0 Å². The lowest BCUT2D eigenvalue weighted by Crippen LogP contribution is -2.30. The summed E-state index contributed by atoms with van der Waals surface area (Å²) < 4.78 is 4.61. The predicted octanol–water partition coefficient (Wildman–Crippen LogP) is 3.44. The van der Waals surface area contributed by atoms with Gasteiger partial charge in [-0.05, 0) is 37.5 Å². The highest BCUT2D eigenvalue weighted by molar-refractivity contribution is 7.19. The van der Waals surface area contributed by atoms with Crippen LogP contribution in [-0.2, 0) is 11.3 Å². The number of rotatable bonds is 5. The number of nitrogens with zero attached hydrogens (tertiary/aromatic N) is 4. The van der Waals surface area contributed by atoms with Crippen molar-refractivity contribution >= 4 is 23.2 Å². The Labute approximate surface area is 167 Å². The lowest BCUT2D eigenvalue weighted by atomic mass is 10.1. The van der Waals surface area contributed by atoms with Gasteiger partial charge in [-0.15, -0.1) is 11.3 Å². The number of aromatic amines is 1. The van der Waals surface area contributed by atoms with E-state index < -0.39 is 6.09 Å². The normalized spacial score (nSPS) is 14.1. The van der Waals surface area contributed by atoms with Gasteiger partial charge < -0.3 is 15.0 Å². The van der Waals surface area contributed by atoms with Gasteiger partial charge >= 0.3 is 6.09 Å². The first kappa shape index (κ1) is 18.4. The van der Waals surface area contributed by atoms with Crippen LogP contribution in [0.15, 0.2) is 30.6 Å². The zero-order chi connectivity index (χ0) is 19.3. The maximum atomic E-state index is 11.3. The highest BCUT2D eigenvalue weighted by Crippen LogP contribution is 2.40. The molecule has 1 aliphatic heterocycles. The number of thiazole rings is 1. The van der Waals surface area contributed by atoms with E-state index in [0.29, 0.717) is 6.54 Å². The number of hydrogen-bond acceptors (Lipinski definition) is 7. The van der Waals surface area contributed by atoms with Crippen LogP contribution in [0.1, 0.15) is 25.0 Å². The van der Waals surface area contributed by atoms with Crippen LogP contribution in [0.3, 0.4) is 0 Å². The summed E-state index contributed by atoms with van der Waals surface area (Å²) in [6.45, 7) is 2.34. The van der Waals surface area contributed by atoms with Gasteiger partial charge in [0, 0.05) is 31.0 Å². The number of hydrogen-bond donors (Lipinski definition) is 2. The maximum Gasteiger partial charge on any atom is 0.407 e. The van der Waals surface area contributed by atoms with Crippen LogP contribution in [0.5, 0.6) is 0 Å². The number of anilines is 1. The van der Waals surface area contributed by atoms with Crippen LogP contribution >= 0.6 is 11.3 Å². The fraction of sp³-hybridized carbons (Fsp3) is 0.368. The van der Waals surface area contributed by atoms with Gasteiger partial charge in [-0.25, -0.2) is 9.78 Å². The van der Waals surface area contributed by atoms with Gasteiger partial charge in [0.1, 0.15) is 16.5 Å². The van der Waals surface area contributed by atoms with Crippen molar-refractivity contribution in [3.63, 3.8) is 0 Å². The fourth-order valence-electron chi connectivity index (χ4n) is 3.22. The first-order valence-corrected chi connectivity index (χ1v) is 10.1. The Kier molecular flexibility index (Phi) is 5.52. The van der Waals surface area contributed by atoms with E-state index in [1.807, 2.05) is 24.4 Å². The second-order valence-corrected chi connectivity index (χ2v) is 7.58. The van der Waals surface area contributed by atoms with Crippen molar-refractivity contribution in [2.45, 2.75) is 25.8 Å². The van der Waals surface area contributed by atoms with E-state index in [1.165, 1.54) is 26.4 Å². The van der Waals surface area contributed by atoms with Crippen LogP contribution in [0, 0.1) is 0 Å². The number of carbonyl (C=O) groups is 1. The number of carbonyl (C=O) groups excluding carboxylic acids is 1. The van der Waals surface area contributed by atoms with Crippen molar-refractivity contribution < 1.29 is 9.53 Å². The van der Waals surface area contributed by atoms with Crippen LogP contribution in [-0.4, -0.2) is 46.5 Å². The first-order chi connectivity index (χ1) is 13.7. The van der Waals surface area contributed by atoms with E-state index in [9.17, 15) is 4.79 Å². The lowest BCUT2D eigenvalue weighted by molar-refractivity contribution is 0.170. The Balaban J connectivity index is 1.66. The second kappa shape index (κ2) is 8.39. The maximum absolute atomic E-state index is 11.3. The Hall–Kier alpha value is -2.94. The molecule has 1 saturated heterocycles. The van der Waals surface area contributed by atoms with Crippen LogP contribution < -0.4 is 10.2 Å². The molecule has 1 amide bonds. The van der Waals surface area contributed by atoms with Gasteiger partial charge in [0.05, 0.1) is 24.2 Å². The van der Waals surface area contributed by atoms with E-state index in [4.69, 9.17) is 4.98 Å². The standard InChI is InChI=1S/C19H22N6O2S/c1-27-19(26)21-12-14-10-15(24-23-14)16-17(25-8-3-2-4-9-25)22-18(28-16)13-6-5-7-20-11-13/h5-7,10-11H,2-4,8-9,12H2,1H3,(H,21,26)(H,23,24). The predicted molar refractivity (Wildman–Crippen MR) is 108 cm³/mol. The fourth-order valence-corrected chi connectivity index (χ4v) is 4.26. The number of ether oxygens (including phenoxy) is 1. The molecule has 0 aliphatic carbocycles. The molecule has 3 aromatic heterocycles. The van der Waals surface area contributed by atoms with Crippen molar-refractivity contribution in [2.24, 2.45) is 0 Å². The van der Waals surface area contributed by atoms with Crippen molar-refractivity contribution in [3.05, 3.63) is 36.3 Å². The van der Waals surface area contributed by atoms with Crippen molar-refractivity contribution in [3.8, 4) is 21.1 Å². The molecule has 0 atom stereocenters. The van der Waals surface area contributed by atoms with Gasteiger partial charge in [0.15, 0.2) is 0 Å². The molecule has 9 heteroatoms. The van der Waals surface area contributed by atoms with E-state index >= 15 is 0 Å². The number of nitrogens with one attached hydrogen (secondary N) is 2. The number of alkyl carbamates (subject to hydrolysis) is 1. The van der Waals surface area contributed by atoms with Gasteiger partial charge in [-0.3, -0.25) is 10.1 Å². The average molecular weight is 398 g/mol. The molecule has 2 N–H and O–H groups in total. The Morgan fingerprint density at radius 2 is 2.21 bits per heavy atom. The minimum Gasteiger partial charge on any atom is -0.453 e. The van der Waals surface area contributed by atoms with Crippen LogP contribution in [0.25, 0.3) is 21.1 Å². The van der Waals surface area contributed by atoms with E-state index in [0.717, 1.165) is 45.7 Å². The number of H-pyrrole nitrogens is 1. The summed E-state index contributed by atoms with van der Waals surface area (Å²) in [5, 5.41) is 11.0. The molecular weight excluding hydrogens is 376 g/mol. The third-order valence-corrected chi connectivity index (χ3v) is 5.76. The van der Waals surface area contributed by atoms with Crippen LogP contribution in [0.4, 0.5) is 10.6 Å². The highest BCUT2D eigenvalue weighted by atomic mass is 32.1. The van der Waals surface area contributed by atoms with Crippen molar-refractivity contribution in [1.82, 2.24) is 25.5 Å². The largest absolute Gasteiger partial charge is 0.453 e. The lowest BCUT2D eigenvalue weighted by Gasteiger charge is -2.27. The van der Waals surface area contributed by atoms with E-state index in [-0.39, 0.29) is 0 Å². The Morgan fingerprint density at radius 3 is 2.96 bits per heavy atom. The van der Waals surface area contributed by atoms with Crippen molar-refractivity contribution in [1.29, 1.82) is 0 Å². The quantitative estimate of drug-likeness (QED) is 0.683. The monoisotopic (exact) mass is 398 g/mol. The minimum atomic E-state index is -0.471. The van der Waals surface area contributed by atoms with Gasteiger partial charge in [-0.1, -0.05) is 0 Å². The van der Waals surface area contributed by atoms with E-state index in [2.05, 4.69) is 30.1 Å². The number of pyridine rings is 1. The molecule has 1 aliphatic rings. The molecule has 0 aromatic carbocycles. The third kappa shape index (κ3) is 3.99. The summed E-state index contributed by atoms with van der Waals surface area (Å²) in [6, 6.07) is 5.89. The molecule has 0 radical (unpaired) electrons. The molecule has 3 aromatic rings. The molecule has 8 nitrogen and oxygen atoms in total. The zero-order valence-corrected chi connectivity index (χ0v) is 16.5. The van der Waals surface area contributed by atoms with Gasteiger partial charge in [0.2, 0.25) is 0 Å². The molecule has 4 rings (SSSR count). The summed E-state index contributed by atoms with van der Waals surface area (Å²) in [6.07, 6.45) is 6.73. The first-order valence-electron chi connectivity index (χ1n) is 9.27. The molecule has 0 unspecified atom stereocenters. The zero-order valence-electron chi connectivity index (χ0n) is 15.6. The molecule has 0 saturated carbocycles. The van der Waals surface area contributed by atoms with Crippen molar-refractivity contribution in [2.75, 3.05) is 25.1 Å². The summed E-state index contributed by atoms with van der Waals surface area (Å²) in [4.78, 5) is 23.8.